The number of hydrogen-bond donors (Lipinski definition) is 0. The van der Waals surface area contributed by atoms with Crippen LogP contribution in [0.15, 0.2) is 109 Å². The number of allylic oxidation sites excluding steroid dienone is 18. The van der Waals surface area contributed by atoms with Gasteiger partial charge in [-0.15, -0.1) is 0 Å². The van der Waals surface area contributed by atoms with Crippen LogP contribution in [-0.2, 0) is 28.6 Å². The lowest BCUT2D eigenvalue weighted by atomic mass is 10.1. The van der Waals surface area contributed by atoms with Crippen molar-refractivity contribution in [2.75, 3.05) is 13.2 Å². The molecule has 0 saturated heterocycles. The smallest absolute Gasteiger partial charge is 0.306 e. The summed E-state index contributed by atoms with van der Waals surface area (Å²) in [6, 6.07) is 0. The van der Waals surface area contributed by atoms with E-state index in [1.165, 1.54) is 135 Å². The maximum atomic E-state index is 12.9. The van der Waals surface area contributed by atoms with Crippen LogP contribution in [0.2, 0.25) is 0 Å². The summed E-state index contributed by atoms with van der Waals surface area (Å²) in [6.45, 7) is 6.50. The number of ether oxygens (including phenoxy) is 3. The number of carbonyl (C=O) groups is 3. The summed E-state index contributed by atoms with van der Waals surface area (Å²) in [6.07, 6.45) is 89.4. The van der Waals surface area contributed by atoms with Gasteiger partial charge in [-0.25, -0.2) is 0 Å². The first-order chi connectivity index (χ1) is 38.5. The third-order valence-electron chi connectivity index (χ3n) is 14.0. The van der Waals surface area contributed by atoms with Crippen molar-refractivity contribution >= 4 is 17.9 Å². The van der Waals surface area contributed by atoms with Gasteiger partial charge in [0, 0.05) is 19.3 Å². The highest BCUT2D eigenvalue weighted by atomic mass is 16.6. The second kappa shape index (κ2) is 65.6. The van der Waals surface area contributed by atoms with Gasteiger partial charge in [0.2, 0.25) is 0 Å². The second-order valence-electron chi connectivity index (χ2n) is 21.6. The highest BCUT2D eigenvalue weighted by Crippen LogP contribution is 2.15. The molecule has 1 unspecified atom stereocenters. The topological polar surface area (TPSA) is 78.9 Å². The molecule has 1 atom stereocenters. The van der Waals surface area contributed by atoms with E-state index < -0.39 is 6.10 Å². The molecular formula is C72H122O6. The summed E-state index contributed by atoms with van der Waals surface area (Å²) in [7, 11) is 0. The van der Waals surface area contributed by atoms with E-state index in [0.29, 0.717) is 19.3 Å². The molecule has 78 heavy (non-hydrogen) atoms. The maximum absolute atomic E-state index is 12.9. The minimum atomic E-state index is -0.795. The SMILES string of the molecule is CC/C=C\C/C=C\C/C=C\C/C=C\C/C=C\C/C=C\CCCCCCCCC(=O)OCC(COC(=O)CCCCCCC/C=C\C/C=C\CCCCCC)OC(=O)CCCCCCCCCCC/C=C\CCCCCCCC. The van der Waals surface area contributed by atoms with Crippen LogP contribution >= 0.6 is 0 Å². The molecule has 0 aliphatic rings. The first-order valence-electron chi connectivity index (χ1n) is 32.9. The van der Waals surface area contributed by atoms with Gasteiger partial charge >= 0.3 is 17.9 Å². The second-order valence-corrected chi connectivity index (χ2v) is 21.6. The van der Waals surface area contributed by atoms with Crippen molar-refractivity contribution < 1.29 is 28.6 Å². The van der Waals surface area contributed by atoms with Crippen LogP contribution < -0.4 is 0 Å². The summed E-state index contributed by atoms with van der Waals surface area (Å²) in [5.41, 5.74) is 0. The Labute approximate surface area is 482 Å². The van der Waals surface area contributed by atoms with Gasteiger partial charge in [-0.05, 0) is 128 Å². The molecule has 0 fully saturated rings. The molecule has 6 nitrogen and oxygen atoms in total. The van der Waals surface area contributed by atoms with Crippen LogP contribution in [-0.4, -0.2) is 37.2 Å². The molecule has 0 aliphatic carbocycles. The van der Waals surface area contributed by atoms with Crippen molar-refractivity contribution in [1.82, 2.24) is 0 Å². The van der Waals surface area contributed by atoms with Crippen molar-refractivity contribution in [3.8, 4) is 0 Å². The molecule has 0 heterocycles. The largest absolute Gasteiger partial charge is 0.462 e. The summed E-state index contributed by atoms with van der Waals surface area (Å²) in [5, 5.41) is 0. The zero-order valence-corrected chi connectivity index (χ0v) is 51.2. The normalized spacial score (nSPS) is 12.8. The van der Waals surface area contributed by atoms with Gasteiger partial charge in [-0.3, -0.25) is 14.4 Å². The van der Waals surface area contributed by atoms with Gasteiger partial charge in [0.15, 0.2) is 6.10 Å². The molecular weight excluding hydrogens is 961 g/mol. The highest BCUT2D eigenvalue weighted by molar-refractivity contribution is 5.71. The van der Waals surface area contributed by atoms with Crippen molar-refractivity contribution in [3.05, 3.63) is 109 Å². The van der Waals surface area contributed by atoms with E-state index in [-0.39, 0.29) is 31.1 Å². The van der Waals surface area contributed by atoms with Crippen LogP contribution in [0, 0.1) is 0 Å². The Hall–Kier alpha value is -3.93. The quantitative estimate of drug-likeness (QED) is 0.0261. The van der Waals surface area contributed by atoms with Gasteiger partial charge < -0.3 is 14.2 Å². The maximum Gasteiger partial charge on any atom is 0.306 e. The summed E-state index contributed by atoms with van der Waals surface area (Å²) in [4.78, 5) is 38.4. The van der Waals surface area contributed by atoms with Gasteiger partial charge in [0.05, 0.1) is 0 Å². The molecule has 0 bridgehead atoms. The Morgan fingerprint density at radius 2 is 0.500 bits per heavy atom. The standard InChI is InChI=1S/C72H122O6/c1-4-7-10-13-16-19-22-25-28-31-33-34-35-36-37-38-40-41-44-47-50-53-56-59-62-65-71(74)77-68-69(67-76-70(73)64-61-58-55-52-49-46-43-30-27-24-21-18-15-12-9-6-3)78-72(75)66-63-60-57-54-51-48-45-42-39-32-29-26-23-20-17-14-11-8-5-2/h7,10,16,19,21,24-26,28-30,33-34,36-37,40-41,43,69H,4-6,8-9,11-15,17-18,20,22-23,27,31-32,35,38-39,42,44-68H2,1-3H3/b10-7-,19-16-,24-21-,28-25-,29-26-,34-33-,37-36-,41-40-,43-30-. The zero-order valence-electron chi connectivity index (χ0n) is 51.2. The Morgan fingerprint density at radius 3 is 0.808 bits per heavy atom. The first-order valence-corrected chi connectivity index (χ1v) is 32.9. The van der Waals surface area contributed by atoms with Crippen LogP contribution in [0.1, 0.15) is 310 Å². The molecule has 446 valence electrons. The molecule has 0 amide bonds. The molecule has 0 N–H and O–H groups in total. The third kappa shape index (κ3) is 62.9. The monoisotopic (exact) mass is 1080 g/mol. The van der Waals surface area contributed by atoms with Crippen molar-refractivity contribution in [2.24, 2.45) is 0 Å². The lowest BCUT2D eigenvalue weighted by Crippen LogP contribution is -2.30. The van der Waals surface area contributed by atoms with Gasteiger partial charge in [0.1, 0.15) is 13.2 Å². The minimum absolute atomic E-state index is 0.0910. The van der Waals surface area contributed by atoms with E-state index in [1.807, 2.05) is 0 Å². The number of hydrogen-bond acceptors (Lipinski definition) is 6. The van der Waals surface area contributed by atoms with Crippen molar-refractivity contribution in [1.29, 1.82) is 0 Å². The minimum Gasteiger partial charge on any atom is -0.462 e. The lowest BCUT2D eigenvalue weighted by Gasteiger charge is -2.18. The Balaban J connectivity index is 4.42. The number of rotatable bonds is 59. The molecule has 0 saturated carbocycles. The fourth-order valence-corrected chi connectivity index (χ4v) is 9.06. The van der Waals surface area contributed by atoms with Crippen LogP contribution in [0.5, 0.6) is 0 Å². The van der Waals surface area contributed by atoms with Crippen molar-refractivity contribution in [2.45, 2.75) is 316 Å². The fourth-order valence-electron chi connectivity index (χ4n) is 9.06. The molecule has 0 aliphatic heterocycles. The lowest BCUT2D eigenvalue weighted by molar-refractivity contribution is -0.167. The van der Waals surface area contributed by atoms with Gasteiger partial charge in [-0.1, -0.05) is 271 Å². The van der Waals surface area contributed by atoms with E-state index in [4.69, 9.17) is 14.2 Å². The Morgan fingerprint density at radius 1 is 0.269 bits per heavy atom. The summed E-state index contributed by atoms with van der Waals surface area (Å²) in [5.74, 6) is -0.911. The average Bonchev–Trinajstić information content (AvgIpc) is 3.44. The van der Waals surface area contributed by atoms with E-state index in [2.05, 4.69) is 130 Å². The average molecular weight is 1080 g/mol. The predicted molar refractivity (Wildman–Crippen MR) is 339 cm³/mol. The fraction of sp³-hybridized carbons (Fsp3) is 0.708. The summed E-state index contributed by atoms with van der Waals surface area (Å²) < 4.78 is 16.9. The Bertz CT molecular complexity index is 1570. The van der Waals surface area contributed by atoms with Gasteiger partial charge in [0.25, 0.3) is 0 Å². The number of esters is 3. The number of carbonyl (C=O) groups excluding carboxylic acids is 3. The summed E-state index contributed by atoms with van der Waals surface area (Å²) >= 11 is 0. The molecule has 0 aromatic carbocycles. The van der Waals surface area contributed by atoms with Crippen molar-refractivity contribution in [3.63, 3.8) is 0 Å². The molecule has 6 heteroatoms. The van der Waals surface area contributed by atoms with E-state index in [9.17, 15) is 14.4 Å². The number of unbranched alkanes of at least 4 members (excludes halogenated alkanes) is 30. The Kier molecular flexibility index (Phi) is 62.3. The zero-order chi connectivity index (χ0) is 56.4. The molecule has 0 spiro atoms. The van der Waals surface area contributed by atoms with Crippen LogP contribution in [0.3, 0.4) is 0 Å². The first kappa shape index (κ1) is 74.1. The predicted octanol–water partition coefficient (Wildman–Crippen LogP) is 22.6. The molecule has 0 aromatic rings. The van der Waals surface area contributed by atoms with E-state index >= 15 is 0 Å². The van der Waals surface area contributed by atoms with E-state index in [1.54, 1.807) is 0 Å². The molecule has 0 radical (unpaired) electrons. The van der Waals surface area contributed by atoms with Crippen LogP contribution in [0.4, 0.5) is 0 Å². The highest BCUT2D eigenvalue weighted by Gasteiger charge is 2.19. The molecule has 0 rings (SSSR count). The van der Waals surface area contributed by atoms with E-state index in [0.717, 1.165) is 135 Å². The van der Waals surface area contributed by atoms with Gasteiger partial charge in [-0.2, -0.15) is 0 Å². The third-order valence-corrected chi connectivity index (χ3v) is 14.0. The molecule has 0 aromatic heterocycles. The van der Waals surface area contributed by atoms with Crippen LogP contribution in [0.25, 0.3) is 0 Å².